The molecule has 6 heteroatoms. The fraction of sp³-hybridized carbons (Fsp3) is 0.222. The molecule has 1 unspecified atom stereocenters. The first-order chi connectivity index (χ1) is 11.9. The van der Waals surface area contributed by atoms with Crippen LogP contribution in [0.2, 0.25) is 0 Å². The molecule has 0 N–H and O–H groups in total. The van der Waals surface area contributed by atoms with E-state index in [1.54, 1.807) is 11.8 Å². The van der Waals surface area contributed by atoms with Crippen molar-refractivity contribution in [1.82, 2.24) is 10.2 Å². The molecule has 1 aromatic heterocycles. The quantitative estimate of drug-likeness (QED) is 0.656. The Hall–Kier alpha value is -2.47. The molecule has 0 fully saturated rings. The van der Waals surface area contributed by atoms with Gasteiger partial charge in [-0.25, -0.2) is 0 Å². The van der Waals surface area contributed by atoms with Gasteiger partial charge >= 0.3 is 0 Å². The van der Waals surface area contributed by atoms with E-state index in [0.29, 0.717) is 23.5 Å². The van der Waals surface area contributed by atoms with E-state index in [-0.39, 0.29) is 6.10 Å². The molecular formula is C18H16N2O3S. The molecule has 0 aliphatic carbocycles. The fourth-order valence-corrected chi connectivity index (χ4v) is 3.21. The highest BCUT2D eigenvalue weighted by Gasteiger charge is 2.27. The lowest BCUT2D eigenvalue weighted by atomic mass is 10.2. The maximum Gasteiger partial charge on any atom is 0.276 e. The molecule has 1 aliphatic heterocycles. The summed E-state index contributed by atoms with van der Waals surface area (Å²) in [6.07, 6.45) is 0.593. The van der Waals surface area contributed by atoms with Crippen LogP contribution in [0, 0.1) is 0 Å². The van der Waals surface area contributed by atoms with Gasteiger partial charge in [-0.3, -0.25) is 0 Å². The van der Waals surface area contributed by atoms with Crippen LogP contribution < -0.4 is 9.47 Å². The Balaban J connectivity index is 1.35. The molecular weight excluding hydrogens is 324 g/mol. The highest BCUT2D eigenvalue weighted by atomic mass is 32.2. The van der Waals surface area contributed by atoms with Crippen LogP contribution in [0.1, 0.15) is 17.6 Å². The van der Waals surface area contributed by atoms with Gasteiger partial charge in [0.1, 0.15) is 6.61 Å². The van der Waals surface area contributed by atoms with Gasteiger partial charge in [-0.1, -0.05) is 54.2 Å². The zero-order valence-corrected chi connectivity index (χ0v) is 13.7. The van der Waals surface area contributed by atoms with Crippen molar-refractivity contribution in [3.05, 3.63) is 66.1 Å². The number of ether oxygens (including phenoxy) is 2. The Labute approximate surface area is 144 Å². The molecule has 5 nitrogen and oxygen atoms in total. The van der Waals surface area contributed by atoms with E-state index in [9.17, 15) is 0 Å². The third kappa shape index (κ3) is 3.38. The number of nitrogens with zero attached hydrogens (tertiary/aromatic N) is 2. The largest absolute Gasteiger partial charge is 0.485 e. The molecule has 3 aromatic rings. The number of aryl methyl sites for hydroxylation is 1. The Kier molecular flexibility index (Phi) is 4.38. The average Bonchev–Trinajstić information content (AvgIpc) is 3.11. The first-order valence-electron chi connectivity index (χ1n) is 7.77. The zero-order chi connectivity index (χ0) is 16.2. The highest BCUT2D eigenvalue weighted by molar-refractivity contribution is 7.99. The Morgan fingerprint density at radius 2 is 1.75 bits per heavy atom. The fourth-order valence-electron chi connectivity index (χ4n) is 2.45. The Morgan fingerprint density at radius 1 is 0.958 bits per heavy atom. The molecule has 1 atom stereocenters. The van der Waals surface area contributed by atoms with Gasteiger partial charge in [-0.05, 0) is 24.1 Å². The van der Waals surface area contributed by atoms with Gasteiger partial charge in [0, 0.05) is 5.75 Å². The lowest BCUT2D eigenvalue weighted by Gasteiger charge is -2.23. The molecule has 1 aliphatic rings. The number of hydrogen-bond donors (Lipinski definition) is 0. The van der Waals surface area contributed by atoms with E-state index < -0.39 is 0 Å². The number of para-hydroxylation sites is 2. The maximum absolute atomic E-state index is 5.87. The second-order valence-corrected chi connectivity index (χ2v) is 6.40. The molecule has 24 heavy (non-hydrogen) atoms. The number of aromatic nitrogens is 2. The lowest BCUT2D eigenvalue weighted by molar-refractivity contribution is 0.0686. The topological polar surface area (TPSA) is 57.4 Å². The van der Waals surface area contributed by atoms with E-state index >= 15 is 0 Å². The van der Waals surface area contributed by atoms with E-state index in [2.05, 4.69) is 22.3 Å². The van der Waals surface area contributed by atoms with Crippen LogP contribution in [0.15, 0.2) is 64.2 Å². The SMILES string of the molecule is c1ccc(CCSc2nnc(C3COc4ccccc4O3)o2)cc1. The summed E-state index contributed by atoms with van der Waals surface area (Å²) in [5.41, 5.74) is 1.30. The molecule has 4 rings (SSSR count). The highest BCUT2D eigenvalue weighted by Crippen LogP contribution is 2.35. The molecule has 0 radical (unpaired) electrons. The van der Waals surface area contributed by atoms with Crippen molar-refractivity contribution < 1.29 is 13.9 Å². The summed E-state index contributed by atoms with van der Waals surface area (Å²) in [5, 5.41) is 8.74. The van der Waals surface area contributed by atoms with Gasteiger partial charge in [0.25, 0.3) is 11.1 Å². The van der Waals surface area contributed by atoms with Crippen molar-refractivity contribution in [2.24, 2.45) is 0 Å². The van der Waals surface area contributed by atoms with Crippen molar-refractivity contribution >= 4 is 11.8 Å². The second-order valence-electron chi connectivity index (χ2n) is 5.35. The summed E-state index contributed by atoms with van der Waals surface area (Å²) in [6.45, 7) is 0.368. The molecule has 122 valence electrons. The molecule has 0 amide bonds. The summed E-state index contributed by atoms with van der Waals surface area (Å²) in [7, 11) is 0. The smallest absolute Gasteiger partial charge is 0.276 e. The Bertz CT molecular complexity index is 807. The van der Waals surface area contributed by atoms with Crippen LogP contribution >= 0.6 is 11.8 Å². The van der Waals surface area contributed by atoms with Gasteiger partial charge in [0.2, 0.25) is 6.10 Å². The van der Waals surface area contributed by atoms with Gasteiger partial charge in [0.15, 0.2) is 11.5 Å². The van der Waals surface area contributed by atoms with E-state index in [1.807, 2.05) is 42.5 Å². The molecule has 2 aromatic carbocycles. The monoisotopic (exact) mass is 340 g/mol. The number of benzene rings is 2. The minimum atomic E-state index is -0.365. The van der Waals surface area contributed by atoms with Crippen LogP contribution in [0.25, 0.3) is 0 Å². The van der Waals surface area contributed by atoms with Crippen LogP contribution in [0.5, 0.6) is 11.5 Å². The maximum atomic E-state index is 5.87. The predicted molar refractivity (Wildman–Crippen MR) is 90.5 cm³/mol. The average molecular weight is 340 g/mol. The third-order valence-corrected chi connectivity index (χ3v) is 4.49. The molecule has 0 saturated carbocycles. The zero-order valence-electron chi connectivity index (χ0n) is 12.9. The molecule has 0 spiro atoms. The van der Waals surface area contributed by atoms with Crippen LogP contribution in [0.3, 0.4) is 0 Å². The summed E-state index contributed by atoms with van der Waals surface area (Å²) in [5.74, 6) is 2.78. The lowest BCUT2D eigenvalue weighted by Crippen LogP contribution is -2.21. The van der Waals surface area contributed by atoms with Crippen molar-refractivity contribution in [1.29, 1.82) is 0 Å². The van der Waals surface area contributed by atoms with E-state index in [1.165, 1.54) is 5.56 Å². The first-order valence-corrected chi connectivity index (χ1v) is 8.75. The molecule has 0 bridgehead atoms. The van der Waals surface area contributed by atoms with E-state index in [0.717, 1.165) is 17.9 Å². The van der Waals surface area contributed by atoms with Crippen molar-refractivity contribution in [3.8, 4) is 11.5 Å². The van der Waals surface area contributed by atoms with Crippen LogP contribution in [0.4, 0.5) is 0 Å². The third-order valence-electron chi connectivity index (χ3n) is 3.67. The number of thioether (sulfide) groups is 1. The Morgan fingerprint density at radius 3 is 2.62 bits per heavy atom. The summed E-state index contributed by atoms with van der Waals surface area (Å²) < 4.78 is 17.3. The standard InChI is InChI=1S/C18H16N2O3S/c1-2-6-13(7-3-1)10-11-24-18-20-19-17(23-18)16-12-21-14-8-4-5-9-15(14)22-16/h1-9,16H,10-12H2. The van der Waals surface area contributed by atoms with Gasteiger partial charge in [-0.2, -0.15) is 0 Å². The number of rotatable bonds is 5. The predicted octanol–water partition coefficient (Wildman–Crippen LogP) is 3.92. The number of hydrogen-bond acceptors (Lipinski definition) is 6. The normalized spacial score (nSPS) is 16.1. The second kappa shape index (κ2) is 6.97. The van der Waals surface area contributed by atoms with Gasteiger partial charge in [-0.15, -0.1) is 10.2 Å². The first kappa shape index (κ1) is 15.1. The van der Waals surface area contributed by atoms with Gasteiger partial charge in [0.05, 0.1) is 0 Å². The number of fused-ring (bicyclic) bond motifs is 1. The van der Waals surface area contributed by atoms with Crippen molar-refractivity contribution in [2.45, 2.75) is 17.7 Å². The molecule has 2 heterocycles. The minimum absolute atomic E-state index is 0.365. The van der Waals surface area contributed by atoms with Gasteiger partial charge < -0.3 is 13.9 Å². The van der Waals surface area contributed by atoms with Crippen molar-refractivity contribution in [2.75, 3.05) is 12.4 Å². The summed E-state index contributed by atoms with van der Waals surface area (Å²) >= 11 is 1.55. The van der Waals surface area contributed by atoms with E-state index in [4.69, 9.17) is 13.9 Å². The summed E-state index contributed by atoms with van der Waals surface area (Å²) in [6, 6.07) is 17.9. The minimum Gasteiger partial charge on any atom is -0.485 e. The summed E-state index contributed by atoms with van der Waals surface area (Å²) in [4.78, 5) is 0. The molecule has 0 saturated heterocycles. The van der Waals surface area contributed by atoms with Crippen LogP contribution in [-0.4, -0.2) is 22.6 Å². The van der Waals surface area contributed by atoms with Crippen LogP contribution in [-0.2, 0) is 6.42 Å². The van der Waals surface area contributed by atoms with Crippen molar-refractivity contribution in [3.63, 3.8) is 0 Å².